The molecule has 1 heterocycles. The van der Waals surface area contributed by atoms with Gasteiger partial charge in [-0.25, -0.2) is 0 Å². The first-order valence-electron chi connectivity index (χ1n) is 10.8. The SMILES string of the molecule is COc1ccc(C)cc1C[NH+]1CC[NH+]([C@H](C(=O)NC2CC2)c2ccccc2)CC1. The lowest BCUT2D eigenvalue weighted by molar-refractivity contribution is -1.03. The molecule has 1 aliphatic carbocycles. The van der Waals surface area contributed by atoms with Crippen LogP contribution in [0.15, 0.2) is 48.5 Å². The van der Waals surface area contributed by atoms with Gasteiger partial charge < -0.3 is 19.9 Å². The first-order chi connectivity index (χ1) is 14.1. The summed E-state index contributed by atoms with van der Waals surface area (Å²) in [5.41, 5.74) is 3.67. The minimum atomic E-state index is -0.105. The summed E-state index contributed by atoms with van der Waals surface area (Å²) in [5, 5.41) is 3.24. The van der Waals surface area contributed by atoms with Crippen LogP contribution >= 0.6 is 0 Å². The number of aryl methyl sites for hydroxylation is 1. The minimum Gasteiger partial charge on any atom is -0.496 e. The normalized spacial score (nSPS) is 22.7. The Morgan fingerprint density at radius 1 is 1.10 bits per heavy atom. The number of benzene rings is 2. The Kier molecular flexibility index (Phi) is 6.16. The molecule has 0 radical (unpaired) electrons. The summed E-state index contributed by atoms with van der Waals surface area (Å²) < 4.78 is 5.56. The highest BCUT2D eigenvalue weighted by Gasteiger charge is 2.37. The van der Waals surface area contributed by atoms with Crippen molar-refractivity contribution in [1.29, 1.82) is 0 Å². The van der Waals surface area contributed by atoms with Crippen LogP contribution in [0.3, 0.4) is 0 Å². The van der Waals surface area contributed by atoms with Gasteiger partial charge in [0.1, 0.15) is 38.5 Å². The fraction of sp³-hybridized carbons (Fsp3) is 0.458. The molecule has 1 aliphatic heterocycles. The average molecular weight is 396 g/mol. The van der Waals surface area contributed by atoms with Gasteiger partial charge in [0.15, 0.2) is 6.04 Å². The predicted molar refractivity (Wildman–Crippen MR) is 113 cm³/mol. The maximum atomic E-state index is 13.0. The zero-order valence-corrected chi connectivity index (χ0v) is 17.5. The molecule has 0 bridgehead atoms. The molecule has 3 N–H and O–H groups in total. The standard InChI is InChI=1S/C24H31N3O2/c1-18-8-11-22(29-2)20(16-18)17-26-12-14-27(15-13-26)23(19-6-4-3-5-7-19)24(28)25-21-9-10-21/h3-8,11,16,21,23H,9-10,12-15,17H2,1-2H3,(H,25,28)/p+2/t23-/m0/s1. The Morgan fingerprint density at radius 3 is 2.48 bits per heavy atom. The topological polar surface area (TPSA) is 47.2 Å². The number of ether oxygens (including phenoxy) is 1. The first-order valence-corrected chi connectivity index (χ1v) is 10.8. The van der Waals surface area contributed by atoms with E-state index in [-0.39, 0.29) is 11.9 Å². The van der Waals surface area contributed by atoms with Gasteiger partial charge in [-0.05, 0) is 31.9 Å². The molecule has 1 saturated heterocycles. The van der Waals surface area contributed by atoms with Crippen LogP contribution in [0.2, 0.25) is 0 Å². The number of carbonyl (C=O) groups excluding carboxylic acids is 1. The Bertz CT molecular complexity index is 827. The maximum Gasteiger partial charge on any atom is 0.283 e. The molecule has 0 aromatic heterocycles. The predicted octanol–water partition coefficient (Wildman–Crippen LogP) is 0.307. The van der Waals surface area contributed by atoms with Crippen molar-refractivity contribution in [1.82, 2.24) is 5.32 Å². The number of methoxy groups -OCH3 is 1. The largest absolute Gasteiger partial charge is 0.496 e. The van der Waals surface area contributed by atoms with E-state index in [0.29, 0.717) is 6.04 Å². The lowest BCUT2D eigenvalue weighted by Crippen LogP contribution is -3.28. The molecular formula is C24H33N3O2+2. The van der Waals surface area contributed by atoms with Crippen molar-refractivity contribution in [2.75, 3.05) is 33.3 Å². The van der Waals surface area contributed by atoms with Crippen molar-refractivity contribution in [2.24, 2.45) is 0 Å². The van der Waals surface area contributed by atoms with E-state index >= 15 is 0 Å². The van der Waals surface area contributed by atoms with Gasteiger partial charge in [-0.1, -0.05) is 42.0 Å². The molecule has 2 aliphatic rings. The summed E-state index contributed by atoms with van der Waals surface area (Å²) in [6.45, 7) is 7.23. The molecule has 4 rings (SSSR count). The molecule has 2 fully saturated rings. The Balaban J connectivity index is 1.42. The van der Waals surface area contributed by atoms with Crippen LogP contribution in [0.5, 0.6) is 5.75 Å². The van der Waals surface area contributed by atoms with E-state index in [1.807, 2.05) is 18.2 Å². The third-order valence-electron chi connectivity index (χ3n) is 6.20. The Labute approximate surface area is 173 Å². The third kappa shape index (κ3) is 4.98. The highest BCUT2D eigenvalue weighted by Crippen LogP contribution is 2.21. The fourth-order valence-corrected chi connectivity index (χ4v) is 4.44. The number of hydrogen-bond donors (Lipinski definition) is 3. The van der Waals surface area contributed by atoms with Gasteiger partial charge in [-0.3, -0.25) is 4.79 Å². The smallest absolute Gasteiger partial charge is 0.283 e. The molecule has 2 aromatic rings. The quantitative estimate of drug-likeness (QED) is 0.632. The molecule has 154 valence electrons. The molecule has 5 heteroatoms. The van der Waals surface area contributed by atoms with Crippen LogP contribution < -0.4 is 19.9 Å². The zero-order chi connectivity index (χ0) is 20.2. The first kappa shape index (κ1) is 19.9. The van der Waals surface area contributed by atoms with Crippen molar-refractivity contribution in [3.8, 4) is 5.75 Å². The number of nitrogens with one attached hydrogen (secondary N) is 3. The number of rotatable bonds is 7. The molecule has 2 aromatic carbocycles. The van der Waals surface area contributed by atoms with E-state index in [4.69, 9.17) is 4.74 Å². The molecule has 1 saturated carbocycles. The van der Waals surface area contributed by atoms with Crippen molar-refractivity contribution in [3.63, 3.8) is 0 Å². The monoisotopic (exact) mass is 395 g/mol. The molecule has 5 nitrogen and oxygen atoms in total. The van der Waals surface area contributed by atoms with Crippen molar-refractivity contribution in [3.05, 3.63) is 65.2 Å². The number of quaternary nitrogens is 2. The maximum absolute atomic E-state index is 13.0. The minimum absolute atomic E-state index is 0.105. The van der Waals surface area contributed by atoms with E-state index in [9.17, 15) is 4.79 Å². The lowest BCUT2D eigenvalue weighted by atomic mass is 10.0. The van der Waals surface area contributed by atoms with E-state index in [2.05, 4.69) is 42.6 Å². The number of amides is 1. The molecule has 0 spiro atoms. The van der Waals surface area contributed by atoms with Gasteiger partial charge in [0, 0.05) is 17.2 Å². The summed E-state index contributed by atoms with van der Waals surface area (Å²) in [7, 11) is 1.74. The van der Waals surface area contributed by atoms with Crippen LogP contribution in [-0.2, 0) is 11.3 Å². The summed E-state index contributed by atoms with van der Waals surface area (Å²) in [5.74, 6) is 1.17. The number of carbonyl (C=O) groups is 1. The summed E-state index contributed by atoms with van der Waals surface area (Å²) in [6.07, 6.45) is 2.25. The molecule has 1 amide bonds. The van der Waals surface area contributed by atoms with Gasteiger partial charge in [0.25, 0.3) is 5.91 Å². The van der Waals surface area contributed by atoms with Gasteiger partial charge in [0.2, 0.25) is 0 Å². The summed E-state index contributed by atoms with van der Waals surface area (Å²) >= 11 is 0. The summed E-state index contributed by atoms with van der Waals surface area (Å²) in [4.78, 5) is 16.0. The molecule has 0 unspecified atom stereocenters. The summed E-state index contributed by atoms with van der Waals surface area (Å²) in [6, 6.07) is 17.0. The fourth-order valence-electron chi connectivity index (χ4n) is 4.44. The molecular weight excluding hydrogens is 362 g/mol. The molecule has 29 heavy (non-hydrogen) atoms. The second kappa shape index (κ2) is 8.97. The zero-order valence-electron chi connectivity index (χ0n) is 17.5. The van der Waals surface area contributed by atoms with Crippen LogP contribution in [0.25, 0.3) is 0 Å². The van der Waals surface area contributed by atoms with Crippen LogP contribution in [0.4, 0.5) is 0 Å². The van der Waals surface area contributed by atoms with Crippen LogP contribution in [-0.4, -0.2) is 45.2 Å². The molecule has 1 atom stereocenters. The second-order valence-corrected chi connectivity index (χ2v) is 8.53. The van der Waals surface area contributed by atoms with E-state index < -0.39 is 0 Å². The van der Waals surface area contributed by atoms with Crippen LogP contribution in [0, 0.1) is 6.92 Å². The van der Waals surface area contributed by atoms with Gasteiger partial charge in [-0.2, -0.15) is 0 Å². The lowest BCUT2D eigenvalue weighted by Gasteiger charge is -2.34. The third-order valence-corrected chi connectivity index (χ3v) is 6.20. The second-order valence-electron chi connectivity index (χ2n) is 8.53. The Hall–Kier alpha value is -2.37. The van der Waals surface area contributed by atoms with E-state index in [1.54, 1.807) is 12.0 Å². The average Bonchev–Trinajstić information content (AvgIpc) is 3.54. The number of piperazine rings is 1. The van der Waals surface area contributed by atoms with Gasteiger partial charge in [0.05, 0.1) is 7.11 Å². The van der Waals surface area contributed by atoms with E-state index in [0.717, 1.165) is 56.9 Å². The van der Waals surface area contributed by atoms with Crippen molar-refractivity contribution < 1.29 is 19.3 Å². The number of hydrogen-bond acceptors (Lipinski definition) is 2. The van der Waals surface area contributed by atoms with Crippen molar-refractivity contribution in [2.45, 2.75) is 38.4 Å². The van der Waals surface area contributed by atoms with Gasteiger partial charge >= 0.3 is 0 Å². The highest BCUT2D eigenvalue weighted by molar-refractivity contribution is 5.82. The Morgan fingerprint density at radius 2 is 1.83 bits per heavy atom. The van der Waals surface area contributed by atoms with Crippen LogP contribution in [0.1, 0.15) is 35.6 Å². The highest BCUT2D eigenvalue weighted by atomic mass is 16.5. The van der Waals surface area contributed by atoms with Gasteiger partial charge in [-0.15, -0.1) is 0 Å². The van der Waals surface area contributed by atoms with E-state index in [1.165, 1.54) is 16.0 Å². The van der Waals surface area contributed by atoms with Crippen molar-refractivity contribution >= 4 is 5.91 Å².